The van der Waals surface area contributed by atoms with Crippen molar-refractivity contribution >= 4 is 0 Å². The molecule has 120 valence electrons. The van der Waals surface area contributed by atoms with Crippen LogP contribution in [0.4, 0.5) is 0 Å². The van der Waals surface area contributed by atoms with Crippen molar-refractivity contribution < 1.29 is 9.84 Å². The zero-order valence-corrected chi connectivity index (χ0v) is 13.6. The maximum absolute atomic E-state index is 9.38. The van der Waals surface area contributed by atoms with Gasteiger partial charge in [0.05, 0.1) is 19.3 Å². The first kappa shape index (κ1) is 18.2. The minimum atomic E-state index is -0.00898. The molecule has 1 aromatic rings. The third kappa shape index (κ3) is 9.65. The lowest BCUT2D eigenvalue weighted by Crippen LogP contribution is -2.17. The number of aliphatic hydroxyl groups is 1. The van der Waals surface area contributed by atoms with Gasteiger partial charge in [-0.2, -0.15) is 0 Å². The van der Waals surface area contributed by atoms with E-state index in [2.05, 4.69) is 19.1 Å². The van der Waals surface area contributed by atoms with Gasteiger partial charge < -0.3 is 9.84 Å². The maximum atomic E-state index is 9.38. The minimum absolute atomic E-state index is 0.00898. The zero-order valence-electron chi connectivity index (χ0n) is 13.6. The molecule has 0 aliphatic rings. The third-order valence-electron chi connectivity index (χ3n) is 3.91. The van der Waals surface area contributed by atoms with Gasteiger partial charge in [-0.25, -0.2) is 0 Å². The molecule has 0 heterocycles. The number of unbranched alkanes of at least 4 members (excludes halogenated alkanes) is 7. The van der Waals surface area contributed by atoms with Crippen molar-refractivity contribution in [2.75, 3.05) is 6.61 Å². The summed E-state index contributed by atoms with van der Waals surface area (Å²) in [4.78, 5) is 0. The largest absolute Gasteiger partial charge is 0.394 e. The zero-order chi connectivity index (χ0) is 15.2. The molecular weight excluding hydrogens is 260 g/mol. The van der Waals surface area contributed by atoms with Crippen LogP contribution in [0.25, 0.3) is 0 Å². The number of hydrogen-bond donors (Lipinski definition) is 1. The van der Waals surface area contributed by atoms with E-state index in [0.717, 1.165) is 12.8 Å². The molecule has 0 saturated carbocycles. The highest BCUT2D eigenvalue weighted by atomic mass is 16.5. The van der Waals surface area contributed by atoms with Crippen LogP contribution in [0.2, 0.25) is 0 Å². The normalized spacial score (nSPS) is 12.5. The summed E-state index contributed by atoms with van der Waals surface area (Å²) in [5.74, 6) is 0. The van der Waals surface area contributed by atoms with Crippen LogP contribution in [0.3, 0.4) is 0 Å². The first-order chi connectivity index (χ1) is 10.4. The van der Waals surface area contributed by atoms with Gasteiger partial charge >= 0.3 is 0 Å². The summed E-state index contributed by atoms with van der Waals surface area (Å²) in [5, 5.41) is 9.38. The predicted molar refractivity (Wildman–Crippen MR) is 89.3 cm³/mol. The molecule has 0 radical (unpaired) electrons. The van der Waals surface area contributed by atoms with Crippen LogP contribution < -0.4 is 0 Å². The number of benzene rings is 1. The second-order valence-electron chi connectivity index (χ2n) is 5.86. The number of hydrogen-bond acceptors (Lipinski definition) is 2. The molecule has 0 fully saturated rings. The Morgan fingerprint density at radius 1 is 0.905 bits per heavy atom. The van der Waals surface area contributed by atoms with Gasteiger partial charge in [-0.1, -0.05) is 88.6 Å². The standard InChI is InChI=1S/C19H32O2/c1-2-3-4-5-6-7-8-12-15-19(16-20)21-17-18-13-10-9-11-14-18/h9-11,13-14,19-20H,2-8,12,15-17H2,1H3. The molecule has 21 heavy (non-hydrogen) atoms. The predicted octanol–water partition coefficient (Wildman–Crippen LogP) is 5.09. The van der Waals surface area contributed by atoms with Crippen LogP contribution >= 0.6 is 0 Å². The maximum Gasteiger partial charge on any atom is 0.0810 e. The second-order valence-corrected chi connectivity index (χ2v) is 5.86. The van der Waals surface area contributed by atoms with E-state index in [1.165, 1.54) is 50.5 Å². The fourth-order valence-electron chi connectivity index (χ4n) is 2.52. The van der Waals surface area contributed by atoms with Crippen LogP contribution in [0, 0.1) is 0 Å². The van der Waals surface area contributed by atoms with Gasteiger partial charge in [-0.15, -0.1) is 0 Å². The van der Waals surface area contributed by atoms with Crippen molar-refractivity contribution in [3.05, 3.63) is 35.9 Å². The van der Waals surface area contributed by atoms with Crippen LogP contribution in [0.1, 0.15) is 70.3 Å². The van der Waals surface area contributed by atoms with E-state index < -0.39 is 0 Å². The molecule has 0 aliphatic heterocycles. The van der Waals surface area contributed by atoms with Gasteiger partial charge in [0.25, 0.3) is 0 Å². The lowest BCUT2D eigenvalue weighted by Gasteiger charge is -2.15. The molecule has 0 bridgehead atoms. The van der Waals surface area contributed by atoms with Crippen molar-refractivity contribution in [1.82, 2.24) is 0 Å². The summed E-state index contributed by atoms with van der Waals surface area (Å²) >= 11 is 0. The van der Waals surface area contributed by atoms with Crippen molar-refractivity contribution in [1.29, 1.82) is 0 Å². The van der Waals surface area contributed by atoms with E-state index in [9.17, 15) is 5.11 Å². The van der Waals surface area contributed by atoms with Crippen LogP contribution in [-0.4, -0.2) is 17.8 Å². The van der Waals surface area contributed by atoms with E-state index in [1.807, 2.05) is 18.2 Å². The van der Waals surface area contributed by atoms with Gasteiger partial charge in [-0.05, 0) is 12.0 Å². The van der Waals surface area contributed by atoms with Gasteiger partial charge in [0.2, 0.25) is 0 Å². The molecule has 1 unspecified atom stereocenters. The lowest BCUT2D eigenvalue weighted by molar-refractivity contribution is -0.00348. The molecule has 0 saturated heterocycles. The first-order valence-electron chi connectivity index (χ1n) is 8.63. The smallest absolute Gasteiger partial charge is 0.0810 e. The van der Waals surface area contributed by atoms with E-state index in [0.29, 0.717) is 6.61 Å². The molecular formula is C19H32O2. The van der Waals surface area contributed by atoms with Crippen LogP contribution in [0.15, 0.2) is 30.3 Å². The Kier molecular flexibility index (Phi) is 11.1. The van der Waals surface area contributed by atoms with Crippen LogP contribution in [0.5, 0.6) is 0 Å². The SMILES string of the molecule is CCCCCCCCCCC(CO)OCc1ccccc1. The summed E-state index contributed by atoms with van der Waals surface area (Å²) in [6.07, 6.45) is 11.5. The highest BCUT2D eigenvalue weighted by Gasteiger charge is 2.07. The topological polar surface area (TPSA) is 29.5 Å². The second kappa shape index (κ2) is 12.8. The van der Waals surface area contributed by atoms with Crippen molar-refractivity contribution in [2.24, 2.45) is 0 Å². The lowest BCUT2D eigenvalue weighted by atomic mass is 10.1. The van der Waals surface area contributed by atoms with Gasteiger partial charge in [0, 0.05) is 0 Å². The van der Waals surface area contributed by atoms with E-state index in [4.69, 9.17) is 4.74 Å². The Morgan fingerprint density at radius 2 is 1.52 bits per heavy atom. The molecule has 1 N–H and O–H groups in total. The van der Waals surface area contributed by atoms with E-state index in [1.54, 1.807) is 0 Å². The molecule has 0 spiro atoms. The summed E-state index contributed by atoms with van der Waals surface area (Å²) in [7, 11) is 0. The van der Waals surface area contributed by atoms with E-state index in [-0.39, 0.29) is 12.7 Å². The molecule has 0 aromatic heterocycles. The number of aliphatic hydroxyl groups excluding tert-OH is 1. The van der Waals surface area contributed by atoms with E-state index >= 15 is 0 Å². The minimum Gasteiger partial charge on any atom is -0.394 e. The summed E-state index contributed by atoms with van der Waals surface area (Å²) in [5.41, 5.74) is 1.17. The van der Waals surface area contributed by atoms with Crippen LogP contribution in [-0.2, 0) is 11.3 Å². The fraction of sp³-hybridized carbons (Fsp3) is 0.684. The summed E-state index contributed by atoms with van der Waals surface area (Å²) < 4.78 is 5.79. The highest BCUT2D eigenvalue weighted by molar-refractivity contribution is 5.13. The van der Waals surface area contributed by atoms with Crippen molar-refractivity contribution in [3.8, 4) is 0 Å². The molecule has 1 aromatic carbocycles. The quantitative estimate of drug-likeness (QED) is 0.513. The number of rotatable bonds is 13. The Hall–Kier alpha value is -0.860. The van der Waals surface area contributed by atoms with Crippen molar-refractivity contribution in [3.63, 3.8) is 0 Å². The summed E-state index contributed by atoms with van der Waals surface area (Å²) in [6.45, 7) is 2.98. The molecule has 1 rings (SSSR count). The highest BCUT2D eigenvalue weighted by Crippen LogP contribution is 2.13. The average Bonchev–Trinajstić information content (AvgIpc) is 2.54. The van der Waals surface area contributed by atoms with Crippen molar-refractivity contribution in [2.45, 2.75) is 77.4 Å². The Labute approximate surface area is 130 Å². The fourth-order valence-corrected chi connectivity index (χ4v) is 2.52. The Morgan fingerprint density at radius 3 is 2.14 bits per heavy atom. The third-order valence-corrected chi connectivity index (χ3v) is 3.91. The number of ether oxygens (including phenoxy) is 1. The molecule has 0 aliphatic carbocycles. The van der Waals surface area contributed by atoms with Gasteiger partial charge in [0.15, 0.2) is 0 Å². The molecule has 2 heteroatoms. The Balaban J connectivity index is 2.01. The monoisotopic (exact) mass is 292 g/mol. The molecule has 0 amide bonds. The average molecular weight is 292 g/mol. The Bertz CT molecular complexity index is 324. The first-order valence-corrected chi connectivity index (χ1v) is 8.63. The summed E-state index contributed by atoms with van der Waals surface area (Å²) in [6, 6.07) is 10.2. The molecule has 1 atom stereocenters. The van der Waals surface area contributed by atoms with Gasteiger partial charge in [-0.3, -0.25) is 0 Å². The van der Waals surface area contributed by atoms with Gasteiger partial charge in [0.1, 0.15) is 0 Å². The molecule has 2 nitrogen and oxygen atoms in total.